The predicted octanol–water partition coefficient (Wildman–Crippen LogP) is 2.68. The Balaban J connectivity index is 1.41. The van der Waals surface area contributed by atoms with Crippen molar-refractivity contribution in [1.29, 1.82) is 0 Å². The molecule has 9 heteroatoms. The van der Waals surface area contributed by atoms with E-state index in [1.165, 1.54) is 6.33 Å². The average Bonchev–Trinajstić information content (AvgIpc) is 3.44. The number of ether oxygens (including phenoxy) is 2. The summed E-state index contributed by atoms with van der Waals surface area (Å²) in [5.74, 6) is 0.677. The molecule has 0 amide bonds. The van der Waals surface area contributed by atoms with Crippen molar-refractivity contribution in [2.75, 3.05) is 7.11 Å². The minimum absolute atomic E-state index is 0.133. The van der Waals surface area contributed by atoms with E-state index < -0.39 is 5.97 Å². The largest absolute Gasteiger partial charge is 0.496 e. The van der Waals surface area contributed by atoms with Crippen LogP contribution < -0.4 is 4.74 Å². The highest BCUT2D eigenvalue weighted by Crippen LogP contribution is 2.27. The number of hydrogen-bond acceptors (Lipinski definition) is 8. The van der Waals surface area contributed by atoms with Gasteiger partial charge in [0.15, 0.2) is 6.61 Å². The Morgan fingerprint density at radius 2 is 1.96 bits per heavy atom. The maximum Gasteiger partial charge on any atom is 0.338 e. The summed E-state index contributed by atoms with van der Waals surface area (Å²) >= 11 is 0. The Hall–Kier alpha value is -4.01. The molecule has 0 fully saturated rings. The second kappa shape index (κ2) is 7.70. The first-order valence-corrected chi connectivity index (χ1v) is 8.33. The van der Waals surface area contributed by atoms with E-state index in [2.05, 4.69) is 20.2 Å². The van der Waals surface area contributed by atoms with Gasteiger partial charge in [-0.3, -0.25) is 0 Å². The zero-order chi connectivity index (χ0) is 19.3. The van der Waals surface area contributed by atoms with E-state index in [1.807, 2.05) is 18.2 Å². The molecule has 4 rings (SSSR count). The van der Waals surface area contributed by atoms with Gasteiger partial charge in [-0.05, 0) is 36.4 Å². The zero-order valence-electron chi connectivity index (χ0n) is 14.8. The van der Waals surface area contributed by atoms with Crippen LogP contribution in [0, 0.1) is 0 Å². The van der Waals surface area contributed by atoms with Crippen LogP contribution in [-0.2, 0) is 11.3 Å². The third kappa shape index (κ3) is 3.58. The van der Waals surface area contributed by atoms with Crippen LogP contribution >= 0.6 is 0 Å². The number of esters is 1. The molecule has 4 aromatic rings. The van der Waals surface area contributed by atoms with Gasteiger partial charge < -0.3 is 14.0 Å². The van der Waals surface area contributed by atoms with Crippen molar-refractivity contribution in [3.63, 3.8) is 0 Å². The van der Waals surface area contributed by atoms with Crippen molar-refractivity contribution < 1.29 is 18.8 Å². The van der Waals surface area contributed by atoms with Gasteiger partial charge in [-0.25, -0.2) is 14.5 Å². The van der Waals surface area contributed by atoms with Crippen LogP contribution in [0.25, 0.3) is 17.1 Å². The highest BCUT2D eigenvalue weighted by Gasteiger charge is 2.15. The van der Waals surface area contributed by atoms with Crippen LogP contribution in [0.4, 0.5) is 0 Å². The summed E-state index contributed by atoms with van der Waals surface area (Å²) in [5, 5.41) is 7.94. The molecule has 0 unspecified atom stereocenters. The Labute approximate surface area is 159 Å². The van der Waals surface area contributed by atoms with E-state index in [0.717, 1.165) is 5.69 Å². The number of para-hydroxylation sites is 1. The summed E-state index contributed by atoms with van der Waals surface area (Å²) in [6.07, 6.45) is 3.01. The molecule has 0 aliphatic heterocycles. The van der Waals surface area contributed by atoms with Crippen molar-refractivity contribution in [3.05, 3.63) is 72.6 Å². The molecule has 0 spiro atoms. The number of aromatic nitrogens is 5. The van der Waals surface area contributed by atoms with Gasteiger partial charge in [0.1, 0.15) is 18.4 Å². The van der Waals surface area contributed by atoms with Crippen LogP contribution in [0.3, 0.4) is 0 Å². The highest BCUT2D eigenvalue weighted by atomic mass is 16.6. The van der Waals surface area contributed by atoms with E-state index in [0.29, 0.717) is 22.7 Å². The van der Waals surface area contributed by atoms with Gasteiger partial charge in [0, 0.05) is 0 Å². The van der Waals surface area contributed by atoms with E-state index in [-0.39, 0.29) is 12.5 Å². The standard InChI is InChI=1S/C19H15N5O4/c1-26-16-5-3-2-4-15(16)18-22-17(28-23-18)10-27-19(25)13-6-8-14(9-7-13)24-12-20-11-21-24/h2-9,11-12H,10H2,1H3. The maximum atomic E-state index is 12.2. The summed E-state index contributed by atoms with van der Waals surface area (Å²) in [7, 11) is 1.57. The summed E-state index contributed by atoms with van der Waals surface area (Å²) in [6, 6.07) is 14.1. The minimum Gasteiger partial charge on any atom is -0.496 e. The fourth-order valence-electron chi connectivity index (χ4n) is 2.55. The monoisotopic (exact) mass is 377 g/mol. The van der Waals surface area contributed by atoms with E-state index in [9.17, 15) is 4.79 Å². The third-order valence-corrected chi connectivity index (χ3v) is 3.93. The maximum absolute atomic E-state index is 12.2. The number of carbonyl (C=O) groups excluding carboxylic acids is 1. The molecule has 0 radical (unpaired) electrons. The van der Waals surface area contributed by atoms with Gasteiger partial charge in [0.25, 0.3) is 5.89 Å². The fraction of sp³-hybridized carbons (Fsp3) is 0.105. The molecule has 0 aliphatic carbocycles. The predicted molar refractivity (Wildman–Crippen MR) is 96.8 cm³/mol. The lowest BCUT2D eigenvalue weighted by molar-refractivity contribution is 0.0430. The topological polar surface area (TPSA) is 105 Å². The molecule has 2 aromatic carbocycles. The molecule has 9 nitrogen and oxygen atoms in total. The van der Waals surface area contributed by atoms with Gasteiger partial charge in [-0.1, -0.05) is 17.3 Å². The normalized spacial score (nSPS) is 10.6. The van der Waals surface area contributed by atoms with Gasteiger partial charge in [-0.15, -0.1) is 0 Å². The van der Waals surface area contributed by atoms with Crippen LogP contribution in [-0.4, -0.2) is 38.0 Å². The number of nitrogens with zero attached hydrogens (tertiary/aromatic N) is 5. The number of methoxy groups -OCH3 is 1. The molecular formula is C19H15N5O4. The van der Waals surface area contributed by atoms with E-state index >= 15 is 0 Å². The van der Waals surface area contributed by atoms with Gasteiger partial charge >= 0.3 is 5.97 Å². The SMILES string of the molecule is COc1ccccc1-c1noc(COC(=O)c2ccc(-n3cncn3)cc2)n1. The highest BCUT2D eigenvalue weighted by molar-refractivity contribution is 5.89. The summed E-state index contributed by atoms with van der Waals surface area (Å²) in [6.45, 7) is -0.133. The lowest BCUT2D eigenvalue weighted by atomic mass is 10.2. The number of rotatable bonds is 6. The second-order valence-corrected chi connectivity index (χ2v) is 5.68. The number of carbonyl (C=O) groups is 1. The van der Waals surface area contributed by atoms with Gasteiger partial charge in [0.2, 0.25) is 5.82 Å². The van der Waals surface area contributed by atoms with Crippen molar-refractivity contribution >= 4 is 5.97 Å². The van der Waals surface area contributed by atoms with Crippen molar-refractivity contribution in [1.82, 2.24) is 24.9 Å². The molecule has 0 bridgehead atoms. The Morgan fingerprint density at radius 1 is 1.14 bits per heavy atom. The summed E-state index contributed by atoms with van der Waals surface area (Å²) in [5.41, 5.74) is 1.87. The third-order valence-electron chi connectivity index (χ3n) is 3.93. The van der Waals surface area contributed by atoms with Crippen molar-refractivity contribution in [2.45, 2.75) is 6.61 Å². The minimum atomic E-state index is -0.498. The lowest BCUT2D eigenvalue weighted by Crippen LogP contribution is -2.06. The molecule has 0 atom stereocenters. The molecule has 0 saturated carbocycles. The van der Waals surface area contributed by atoms with E-state index in [1.54, 1.807) is 48.5 Å². The van der Waals surface area contributed by atoms with Crippen molar-refractivity contribution in [3.8, 4) is 22.8 Å². The Bertz CT molecular complexity index is 1070. The zero-order valence-corrected chi connectivity index (χ0v) is 14.8. The van der Waals surface area contributed by atoms with Crippen LogP contribution in [0.2, 0.25) is 0 Å². The molecule has 140 valence electrons. The Kier molecular flexibility index (Phi) is 4.79. The quantitative estimate of drug-likeness (QED) is 0.472. The number of hydrogen-bond donors (Lipinski definition) is 0. The smallest absolute Gasteiger partial charge is 0.338 e. The molecule has 28 heavy (non-hydrogen) atoms. The van der Waals surface area contributed by atoms with Crippen LogP contribution in [0.15, 0.2) is 65.7 Å². The number of benzene rings is 2. The van der Waals surface area contributed by atoms with Crippen LogP contribution in [0.5, 0.6) is 5.75 Å². The summed E-state index contributed by atoms with van der Waals surface area (Å²) < 4.78 is 17.3. The van der Waals surface area contributed by atoms with E-state index in [4.69, 9.17) is 14.0 Å². The summed E-state index contributed by atoms with van der Waals surface area (Å²) in [4.78, 5) is 20.4. The molecule has 2 aromatic heterocycles. The molecule has 2 heterocycles. The lowest BCUT2D eigenvalue weighted by Gasteiger charge is -2.04. The molecule has 0 aliphatic rings. The fourth-order valence-corrected chi connectivity index (χ4v) is 2.55. The second-order valence-electron chi connectivity index (χ2n) is 5.68. The van der Waals surface area contributed by atoms with Crippen molar-refractivity contribution in [2.24, 2.45) is 0 Å². The first-order valence-electron chi connectivity index (χ1n) is 8.33. The van der Waals surface area contributed by atoms with Crippen LogP contribution in [0.1, 0.15) is 16.2 Å². The molecular weight excluding hydrogens is 362 g/mol. The molecule has 0 N–H and O–H groups in total. The van der Waals surface area contributed by atoms with Gasteiger partial charge in [-0.2, -0.15) is 10.1 Å². The van der Waals surface area contributed by atoms with Gasteiger partial charge in [0.05, 0.1) is 23.9 Å². The average molecular weight is 377 g/mol. The molecule has 0 saturated heterocycles. The first-order chi connectivity index (χ1) is 13.7. The first kappa shape index (κ1) is 17.4. The Morgan fingerprint density at radius 3 is 2.71 bits per heavy atom.